The maximum Gasteiger partial charge on any atom is 0.349 e. The number of carbonyl (C=O) groups excluding carboxylic acids is 1. The number of sulfonamides is 1. The summed E-state index contributed by atoms with van der Waals surface area (Å²) in [6, 6.07) is 1.26. The highest BCUT2D eigenvalue weighted by molar-refractivity contribution is 7.89. The molecule has 0 unspecified atom stereocenters. The van der Waals surface area contributed by atoms with Gasteiger partial charge < -0.3 is 4.74 Å². The number of alkyl halides is 1. The summed E-state index contributed by atoms with van der Waals surface area (Å²) in [5.74, 6) is -0.573. The highest BCUT2D eigenvalue weighted by Gasteiger charge is 2.21. The molecule has 8 heteroatoms. The van der Waals surface area contributed by atoms with E-state index < -0.39 is 16.0 Å². The van der Waals surface area contributed by atoms with Gasteiger partial charge in [0.25, 0.3) is 0 Å². The van der Waals surface area contributed by atoms with E-state index in [0.29, 0.717) is 0 Å². The SMILES string of the molecule is NS(=O)(=O)c1ccsc1C(=O)OCCCl. The Morgan fingerprint density at radius 3 is 2.80 bits per heavy atom. The number of thiophene rings is 1. The molecule has 0 aliphatic carbocycles. The number of rotatable bonds is 4. The van der Waals surface area contributed by atoms with E-state index in [4.69, 9.17) is 21.5 Å². The molecule has 0 bridgehead atoms. The second-order valence-corrected chi connectivity index (χ2v) is 5.31. The third kappa shape index (κ3) is 3.16. The lowest BCUT2D eigenvalue weighted by atomic mass is 10.5. The monoisotopic (exact) mass is 269 g/mol. The predicted octanol–water partition coefficient (Wildman–Crippen LogP) is 0.791. The van der Waals surface area contributed by atoms with Crippen molar-refractivity contribution in [1.82, 2.24) is 0 Å². The Bertz CT molecular complexity index is 453. The molecule has 0 saturated heterocycles. The van der Waals surface area contributed by atoms with Crippen LogP contribution < -0.4 is 5.14 Å². The fourth-order valence-corrected chi connectivity index (χ4v) is 2.80. The van der Waals surface area contributed by atoms with Gasteiger partial charge in [-0.15, -0.1) is 22.9 Å². The Morgan fingerprint density at radius 2 is 2.27 bits per heavy atom. The molecule has 0 aliphatic heterocycles. The quantitative estimate of drug-likeness (QED) is 0.647. The molecule has 1 heterocycles. The number of hydrogen-bond donors (Lipinski definition) is 1. The number of halogens is 1. The highest BCUT2D eigenvalue weighted by Crippen LogP contribution is 2.21. The molecule has 0 aliphatic rings. The molecule has 1 aromatic heterocycles. The molecule has 84 valence electrons. The summed E-state index contributed by atoms with van der Waals surface area (Å²) in [6.07, 6.45) is 0. The maximum absolute atomic E-state index is 11.3. The van der Waals surface area contributed by atoms with Gasteiger partial charge in [-0.1, -0.05) is 0 Å². The predicted molar refractivity (Wildman–Crippen MR) is 56.7 cm³/mol. The number of hydrogen-bond acceptors (Lipinski definition) is 5. The van der Waals surface area contributed by atoms with Crippen molar-refractivity contribution in [3.8, 4) is 0 Å². The average Bonchev–Trinajstić information content (AvgIpc) is 2.61. The van der Waals surface area contributed by atoms with Crippen LogP contribution in [0.15, 0.2) is 16.3 Å². The van der Waals surface area contributed by atoms with E-state index in [1.807, 2.05) is 0 Å². The smallest absolute Gasteiger partial charge is 0.349 e. The minimum Gasteiger partial charge on any atom is -0.460 e. The van der Waals surface area contributed by atoms with Crippen LogP contribution in [0.25, 0.3) is 0 Å². The van der Waals surface area contributed by atoms with Gasteiger partial charge >= 0.3 is 5.97 Å². The topological polar surface area (TPSA) is 86.5 Å². The van der Waals surface area contributed by atoms with Crippen molar-refractivity contribution in [3.63, 3.8) is 0 Å². The van der Waals surface area contributed by atoms with E-state index >= 15 is 0 Å². The van der Waals surface area contributed by atoms with Crippen molar-refractivity contribution >= 4 is 38.9 Å². The Kier molecular flexibility index (Phi) is 4.09. The third-order valence-corrected chi connectivity index (χ3v) is 3.56. The van der Waals surface area contributed by atoms with Crippen LogP contribution in [0, 0.1) is 0 Å². The normalized spacial score (nSPS) is 11.3. The molecule has 5 nitrogen and oxygen atoms in total. The third-order valence-electron chi connectivity index (χ3n) is 1.43. The Balaban J connectivity index is 2.96. The van der Waals surface area contributed by atoms with Gasteiger partial charge in [-0.05, 0) is 11.4 Å². The second kappa shape index (κ2) is 4.93. The molecule has 0 fully saturated rings. The van der Waals surface area contributed by atoms with E-state index in [1.165, 1.54) is 11.4 Å². The van der Waals surface area contributed by atoms with Crippen LogP contribution in [0.5, 0.6) is 0 Å². The first-order valence-corrected chi connectivity index (χ1v) is 6.76. The van der Waals surface area contributed by atoms with Crippen molar-refractivity contribution < 1.29 is 17.9 Å². The molecular weight excluding hydrogens is 262 g/mol. The number of esters is 1. The summed E-state index contributed by atoms with van der Waals surface area (Å²) in [7, 11) is -3.88. The zero-order chi connectivity index (χ0) is 11.5. The van der Waals surface area contributed by atoms with Crippen LogP contribution in [0.1, 0.15) is 9.67 Å². The lowest BCUT2D eigenvalue weighted by Gasteiger charge is -2.01. The minimum absolute atomic E-state index is 0.0254. The molecule has 0 saturated carbocycles. The molecule has 0 spiro atoms. The van der Waals surface area contributed by atoms with Crippen LogP contribution in [0.2, 0.25) is 0 Å². The van der Waals surface area contributed by atoms with E-state index in [1.54, 1.807) is 0 Å². The summed E-state index contributed by atoms with van der Waals surface area (Å²) in [5.41, 5.74) is 0. The molecule has 2 N–H and O–H groups in total. The lowest BCUT2D eigenvalue weighted by Crippen LogP contribution is -2.16. The summed E-state index contributed by atoms with van der Waals surface area (Å²) < 4.78 is 26.8. The van der Waals surface area contributed by atoms with Gasteiger partial charge in [0.15, 0.2) is 0 Å². The first-order chi connectivity index (χ1) is 6.96. The fourth-order valence-electron chi connectivity index (χ4n) is 0.867. The molecule has 0 radical (unpaired) electrons. The van der Waals surface area contributed by atoms with Gasteiger partial charge in [0.2, 0.25) is 10.0 Å². The maximum atomic E-state index is 11.3. The number of carbonyl (C=O) groups is 1. The van der Waals surface area contributed by atoms with Crippen molar-refractivity contribution in [3.05, 3.63) is 16.3 Å². The first-order valence-electron chi connectivity index (χ1n) is 3.80. The van der Waals surface area contributed by atoms with E-state index in [2.05, 4.69) is 0 Å². The average molecular weight is 270 g/mol. The van der Waals surface area contributed by atoms with E-state index in [0.717, 1.165) is 11.3 Å². The van der Waals surface area contributed by atoms with Crippen molar-refractivity contribution in [2.75, 3.05) is 12.5 Å². The molecule has 0 atom stereocenters. The zero-order valence-electron chi connectivity index (χ0n) is 7.47. The molecule has 0 amide bonds. The van der Waals surface area contributed by atoms with Crippen LogP contribution in [-0.2, 0) is 14.8 Å². The van der Waals surface area contributed by atoms with Crippen LogP contribution in [0.3, 0.4) is 0 Å². The Hall–Kier alpha value is -0.630. The minimum atomic E-state index is -3.88. The first kappa shape index (κ1) is 12.4. The fraction of sp³-hybridized carbons (Fsp3) is 0.286. The molecule has 1 rings (SSSR count). The summed E-state index contributed by atoms with van der Waals surface area (Å²) >= 11 is 6.28. The molecule has 1 aromatic rings. The second-order valence-electron chi connectivity index (χ2n) is 2.48. The number of primary sulfonamides is 1. The molecule has 15 heavy (non-hydrogen) atoms. The summed E-state index contributed by atoms with van der Waals surface area (Å²) in [5, 5.41) is 6.37. The van der Waals surface area contributed by atoms with Gasteiger partial charge in [-0.2, -0.15) is 0 Å². The van der Waals surface area contributed by atoms with Gasteiger partial charge in [0, 0.05) is 0 Å². The van der Waals surface area contributed by atoms with Crippen molar-refractivity contribution in [1.29, 1.82) is 0 Å². The Labute approximate surface area is 95.8 Å². The van der Waals surface area contributed by atoms with E-state index in [-0.39, 0.29) is 22.3 Å². The number of ether oxygens (including phenoxy) is 1. The lowest BCUT2D eigenvalue weighted by molar-refractivity contribution is 0.0531. The van der Waals surface area contributed by atoms with Gasteiger partial charge in [-0.3, -0.25) is 0 Å². The van der Waals surface area contributed by atoms with Gasteiger partial charge in [0.05, 0.1) is 5.88 Å². The standard InChI is InChI=1S/C7H8ClNO4S2/c8-2-3-13-7(10)6-5(1-4-14-6)15(9,11)12/h1,4H,2-3H2,(H2,9,11,12). The van der Waals surface area contributed by atoms with E-state index in [9.17, 15) is 13.2 Å². The molecular formula is C7H8ClNO4S2. The van der Waals surface area contributed by atoms with Gasteiger partial charge in [-0.25, -0.2) is 18.4 Å². The van der Waals surface area contributed by atoms with Crippen LogP contribution in [0.4, 0.5) is 0 Å². The summed E-state index contributed by atoms with van der Waals surface area (Å²) in [4.78, 5) is 11.1. The number of nitrogens with two attached hydrogens (primary N) is 1. The molecule has 0 aromatic carbocycles. The summed E-state index contributed by atoms with van der Waals surface area (Å²) in [6.45, 7) is 0.0301. The van der Waals surface area contributed by atoms with Crippen molar-refractivity contribution in [2.24, 2.45) is 5.14 Å². The van der Waals surface area contributed by atoms with Crippen LogP contribution >= 0.6 is 22.9 Å². The van der Waals surface area contributed by atoms with Crippen LogP contribution in [-0.4, -0.2) is 26.9 Å². The Morgan fingerprint density at radius 1 is 1.60 bits per heavy atom. The zero-order valence-corrected chi connectivity index (χ0v) is 9.86. The largest absolute Gasteiger partial charge is 0.460 e. The van der Waals surface area contributed by atoms with Gasteiger partial charge in [0.1, 0.15) is 16.4 Å². The highest BCUT2D eigenvalue weighted by atomic mass is 35.5. The van der Waals surface area contributed by atoms with Crippen molar-refractivity contribution in [2.45, 2.75) is 4.90 Å².